The van der Waals surface area contributed by atoms with E-state index in [1.54, 1.807) is 18.2 Å². The first kappa shape index (κ1) is 15.2. The van der Waals surface area contributed by atoms with Crippen LogP contribution in [0.4, 0.5) is 8.78 Å². The average molecular weight is 317 g/mol. The molecule has 2 rings (SSSR count). The monoisotopic (exact) mass is 316 g/mol. The predicted molar refractivity (Wildman–Crippen MR) is 76.2 cm³/mol. The molecular formula is C15H12Cl2F2O. The fourth-order valence-electron chi connectivity index (χ4n) is 1.96. The Morgan fingerprint density at radius 2 is 1.85 bits per heavy atom. The highest BCUT2D eigenvalue weighted by molar-refractivity contribution is 6.42. The van der Waals surface area contributed by atoms with Crippen LogP contribution in [0.5, 0.6) is 0 Å². The van der Waals surface area contributed by atoms with Gasteiger partial charge in [-0.05, 0) is 30.2 Å². The van der Waals surface area contributed by atoms with Gasteiger partial charge in [-0.15, -0.1) is 0 Å². The van der Waals surface area contributed by atoms with E-state index < -0.39 is 17.7 Å². The molecule has 1 N–H and O–H groups in total. The van der Waals surface area contributed by atoms with Crippen molar-refractivity contribution in [1.82, 2.24) is 0 Å². The minimum atomic E-state index is -1.12. The summed E-state index contributed by atoms with van der Waals surface area (Å²) in [4.78, 5) is 0. The summed E-state index contributed by atoms with van der Waals surface area (Å²) in [5, 5.41) is 10.8. The van der Waals surface area contributed by atoms with Gasteiger partial charge in [-0.3, -0.25) is 0 Å². The standard InChI is InChI=1S/C15H12Cl2F2O/c1-8-5-10(13(19)7-12(8)18)14(20)6-9-3-2-4-11(16)15(9)17/h2-5,7,14,20H,6H2,1H3. The number of benzene rings is 2. The van der Waals surface area contributed by atoms with Gasteiger partial charge in [-0.2, -0.15) is 0 Å². The summed E-state index contributed by atoms with van der Waals surface area (Å²) in [6.45, 7) is 1.51. The molecule has 0 aromatic heterocycles. The van der Waals surface area contributed by atoms with Gasteiger partial charge in [0.15, 0.2) is 0 Å². The summed E-state index contributed by atoms with van der Waals surface area (Å²) < 4.78 is 26.9. The van der Waals surface area contributed by atoms with Crippen LogP contribution in [0.25, 0.3) is 0 Å². The van der Waals surface area contributed by atoms with E-state index in [9.17, 15) is 13.9 Å². The van der Waals surface area contributed by atoms with Gasteiger partial charge in [0.1, 0.15) is 11.6 Å². The molecule has 106 valence electrons. The van der Waals surface area contributed by atoms with E-state index in [0.29, 0.717) is 15.6 Å². The van der Waals surface area contributed by atoms with Gasteiger partial charge in [-0.1, -0.05) is 35.3 Å². The van der Waals surface area contributed by atoms with E-state index in [0.717, 1.165) is 6.07 Å². The lowest BCUT2D eigenvalue weighted by atomic mass is 9.99. The third-order valence-corrected chi connectivity index (χ3v) is 3.94. The van der Waals surface area contributed by atoms with Crippen LogP contribution in [0, 0.1) is 18.6 Å². The number of aliphatic hydroxyl groups is 1. The van der Waals surface area contributed by atoms with Crippen LogP contribution in [-0.4, -0.2) is 5.11 Å². The molecule has 1 atom stereocenters. The van der Waals surface area contributed by atoms with Crippen molar-refractivity contribution in [3.63, 3.8) is 0 Å². The van der Waals surface area contributed by atoms with E-state index in [1.165, 1.54) is 13.0 Å². The third-order valence-electron chi connectivity index (χ3n) is 3.08. The molecule has 0 heterocycles. The van der Waals surface area contributed by atoms with Crippen molar-refractivity contribution >= 4 is 23.2 Å². The molecule has 2 aromatic carbocycles. The maximum atomic E-state index is 13.7. The van der Waals surface area contributed by atoms with E-state index in [2.05, 4.69) is 0 Å². The number of halogens is 4. The zero-order valence-corrected chi connectivity index (χ0v) is 12.1. The van der Waals surface area contributed by atoms with Gasteiger partial charge in [0.05, 0.1) is 16.1 Å². The first-order chi connectivity index (χ1) is 9.40. The summed E-state index contributed by atoms with van der Waals surface area (Å²) in [5.41, 5.74) is 0.922. The molecule has 1 unspecified atom stereocenters. The molecule has 2 aromatic rings. The number of hydrogen-bond acceptors (Lipinski definition) is 1. The van der Waals surface area contributed by atoms with Gasteiger partial charge < -0.3 is 5.11 Å². The lowest BCUT2D eigenvalue weighted by molar-refractivity contribution is 0.173. The van der Waals surface area contributed by atoms with Gasteiger partial charge in [0.25, 0.3) is 0 Å². The highest BCUT2D eigenvalue weighted by Crippen LogP contribution is 2.30. The van der Waals surface area contributed by atoms with Crippen molar-refractivity contribution in [3.8, 4) is 0 Å². The minimum Gasteiger partial charge on any atom is -0.388 e. The van der Waals surface area contributed by atoms with E-state index >= 15 is 0 Å². The normalized spacial score (nSPS) is 12.5. The van der Waals surface area contributed by atoms with Crippen molar-refractivity contribution in [3.05, 3.63) is 68.7 Å². The van der Waals surface area contributed by atoms with Crippen LogP contribution in [-0.2, 0) is 6.42 Å². The molecular weight excluding hydrogens is 305 g/mol. The Balaban J connectivity index is 2.31. The predicted octanol–water partition coefficient (Wildman–Crippen LogP) is 4.86. The topological polar surface area (TPSA) is 20.2 Å². The minimum absolute atomic E-state index is 0.0416. The largest absolute Gasteiger partial charge is 0.388 e. The molecule has 0 aliphatic heterocycles. The Labute approximate surface area is 125 Å². The first-order valence-electron chi connectivity index (χ1n) is 5.96. The van der Waals surface area contributed by atoms with Crippen molar-refractivity contribution < 1.29 is 13.9 Å². The third kappa shape index (κ3) is 3.11. The van der Waals surface area contributed by atoms with Crippen molar-refractivity contribution in [2.24, 2.45) is 0 Å². The highest BCUT2D eigenvalue weighted by atomic mass is 35.5. The van der Waals surface area contributed by atoms with Gasteiger partial charge in [0, 0.05) is 18.1 Å². The van der Waals surface area contributed by atoms with Crippen molar-refractivity contribution in [2.75, 3.05) is 0 Å². The SMILES string of the molecule is Cc1cc(C(O)Cc2cccc(Cl)c2Cl)c(F)cc1F. The van der Waals surface area contributed by atoms with Crippen molar-refractivity contribution in [2.45, 2.75) is 19.4 Å². The average Bonchev–Trinajstić information content (AvgIpc) is 2.39. The Bertz CT molecular complexity index is 644. The zero-order chi connectivity index (χ0) is 14.9. The molecule has 0 bridgehead atoms. The zero-order valence-electron chi connectivity index (χ0n) is 10.6. The number of aryl methyl sites for hydroxylation is 1. The van der Waals surface area contributed by atoms with Gasteiger partial charge in [0.2, 0.25) is 0 Å². The van der Waals surface area contributed by atoms with Crippen molar-refractivity contribution in [1.29, 1.82) is 0 Å². The van der Waals surface area contributed by atoms with Crippen LogP contribution in [0.15, 0.2) is 30.3 Å². The van der Waals surface area contributed by atoms with Crippen LogP contribution < -0.4 is 0 Å². The molecule has 0 amide bonds. The number of rotatable bonds is 3. The Morgan fingerprint density at radius 1 is 1.15 bits per heavy atom. The summed E-state index contributed by atoms with van der Waals surface area (Å²) in [6, 6.07) is 7.10. The lowest BCUT2D eigenvalue weighted by Gasteiger charge is -2.14. The number of aliphatic hydroxyl groups excluding tert-OH is 1. The molecule has 0 spiro atoms. The number of hydrogen-bond donors (Lipinski definition) is 1. The van der Waals surface area contributed by atoms with E-state index in [-0.39, 0.29) is 17.5 Å². The smallest absolute Gasteiger partial charge is 0.131 e. The van der Waals surface area contributed by atoms with Crippen LogP contribution >= 0.6 is 23.2 Å². The maximum absolute atomic E-state index is 13.7. The molecule has 0 radical (unpaired) electrons. The Morgan fingerprint density at radius 3 is 2.55 bits per heavy atom. The summed E-state index contributed by atoms with van der Waals surface area (Å²) in [6.07, 6.45) is -1.02. The molecule has 20 heavy (non-hydrogen) atoms. The lowest BCUT2D eigenvalue weighted by Crippen LogP contribution is -2.06. The summed E-state index contributed by atoms with van der Waals surface area (Å²) in [5.74, 6) is -1.42. The maximum Gasteiger partial charge on any atom is 0.131 e. The molecule has 0 saturated carbocycles. The second kappa shape index (κ2) is 6.08. The van der Waals surface area contributed by atoms with Gasteiger partial charge >= 0.3 is 0 Å². The quantitative estimate of drug-likeness (QED) is 0.857. The van der Waals surface area contributed by atoms with Crippen LogP contribution in [0.1, 0.15) is 22.8 Å². The molecule has 0 fully saturated rings. The van der Waals surface area contributed by atoms with Crippen LogP contribution in [0.2, 0.25) is 10.0 Å². The molecule has 0 saturated heterocycles. The second-order valence-electron chi connectivity index (χ2n) is 4.56. The van der Waals surface area contributed by atoms with Crippen LogP contribution in [0.3, 0.4) is 0 Å². The molecule has 5 heteroatoms. The fourth-order valence-corrected chi connectivity index (χ4v) is 2.36. The summed E-state index contributed by atoms with van der Waals surface area (Å²) in [7, 11) is 0. The molecule has 0 aliphatic carbocycles. The fraction of sp³-hybridized carbons (Fsp3) is 0.200. The first-order valence-corrected chi connectivity index (χ1v) is 6.72. The summed E-state index contributed by atoms with van der Waals surface area (Å²) >= 11 is 11.9. The van der Waals surface area contributed by atoms with E-state index in [1.807, 2.05) is 0 Å². The Hall–Kier alpha value is -1.16. The second-order valence-corrected chi connectivity index (χ2v) is 5.34. The highest BCUT2D eigenvalue weighted by Gasteiger charge is 2.17. The molecule has 0 aliphatic rings. The van der Waals surface area contributed by atoms with E-state index in [4.69, 9.17) is 23.2 Å². The molecule has 1 nitrogen and oxygen atoms in total. The Kier molecular flexibility index (Phi) is 4.63. The van der Waals surface area contributed by atoms with Gasteiger partial charge in [-0.25, -0.2) is 8.78 Å².